The van der Waals surface area contributed by atoms with Gasteiger partial charge in [0, 0.05) is 12.6 Å². The normalized spacial score (nSPS) is 10.4. The number of thioether (sulfide) groups is 1. The molecule has 0 atom stereocenters. The van der Waals surface area contributed by atoms with E-state index < -0.39 is 0 Å². The number of hydrogen-bond acceptors (Lipinski definition) is 5. The first-order valence-corrected chi connectivity index (χ1v) is 7.38. The third-order valence-electron chi connectivity index (χ3n) is 2.51. The first-order valence-electron chi connectivity index (χ1n) is 5.78. The molecule has 2 aromatic rings. The van der Waals surface area contributed by atoms with E-state index in [0.717, 1.165) is 24.3 Å². The van der Waals surface area contributed by atoms with E-state index in [-0.39, 0.29) is 5.75 Å². The van der Waals surface area contributed by atoms with Crippen LogP contribution in [0.2, 0.25) is 5.15 Å². The SMILES string of the molecule is CSc1nc(Cl)cc(NCCc2ccc(O)cc2)n1. The molecule has 2 rings (SSSR count). The smallest absolute Gasteiger partial charge is 0.190 e. The van der Waals surface area contributed by atoms with Gasteiger partial charge in [-0.3, -0.25) is 0 Å². The number of hydrogen-bond donors (Lipinski definition) is 2. The second kappa shape index (κ2) is 6.63. The van der Waals surface area contributed by atoms with Crippen molar-refractivity contribution in [2.24, 2.45) is 0 Å². The maximum atomic E-state index is 9.20. The van der Waals surface area contributed by atoms with Gasteiger partial charge in [0.05, 0.1) is 0 Å². The molecule has 0 aliphatic carbocycles. The van der Waals surface area contributed by atoms with E-state index in [1.807, 2.05) is 18.4 Å². The summed E-state index contributed by atoms with van der Waals surface area (Å²) in [4.78, 5) is 8.39. The Labute approximate surface area is 121 Å². The Bertz CT molecular complexity index is 548. The summed E-state index contributed by atoms with van der Waals surface area (Å²) in [7, 11) is 0. The van der Waals surface area contributed by atoms with Crippen LogP contribution in [0.5, 0.6) is 5.75 Å². The zero-order valence-electron chi connectivity index (χ0n) is 10.4. The topological polar surface area (TPSA) is 58.0 Å². The summed E-state index contributed by atoms with van der Waals surface area (Å²) in [5, 5.41) is 13.5. The Morgan fingerprint density at radius 1 is 1.26 bits per heavy atom. The van der Waals surface area contributed by atoms with Crippen LogP contribution in [0.15, 0.2) is 35.5 Å². The highest BCUT2D eigenvalue weighted by Gasteiger charge is 2.02. The maximum Gasteiger partial charge on any atom is 0.190 e. The molecule has 0 aliphatic heterocycles. The zero-order chi connectivity index (χ0) is 13.7. The number of phenols is 1. The number of nitrogens with one attached hydrogen (secondary N) is 1. The number of aromatic nitrogens is 2. The minimum Gasteiger partial charge on any atom is -0.508 e. The fourth-order valence-electron chi connectivity index (χ4n) is 1.58. The van der Waals surface area contributed by atoms with E-state index in [4.69, 9.17) is 11.6 Å². The highest BCUT2D eigenvalue weighted by Crippen LogP contribution is 2.17. The Kier molecular flexibility index (Phi) is 4.87. The summed E-state index contributed by atoms with van der Waals surface area (Å²) >= 11 is 7.36. The molecular formula is C13H14ClN3OS. The minimum absolute atomic E-state index is 0.281. The molecule has 0 aliphatic rings. The van der Waals surface area contributed by atoms with E-state index in [1.54, 1.807) is 18.2 Å². The molecule has 0 fully saturated rings. The van der Waals surface area contributed by atoms with E-state index in [9.17, 15) is 5.11 Å². The number of halogens is 1. The molecular weight excluding hydrogens is 282 g/mol. The van der Waals surface area contributed by atoms with Crippen molar-refractivity contribution < 1.29 is 5.11 Å². The monoisotopic (exact) mass is 295 g/mol. The molecule has 0 bridgehead atoms. The van der Waals surface area contributed by atoms with Crippen molar-refractivity contribution in [3.8, 4) is 5.75 Å². The summed E-state index contributed by atoms with van der Waals surface area (Å²) in [6.07, 6.45) is 2.75. The molecule has 0 radical (unpaired) electrons. The van der Waals surface area contributed by atoms with Crippen molar-refractivity contribution in [1.82, 2.24) is 9.97 Å². The van der Waals surface area contributed by atoms with E-state index in [1.165, 1.54) is 11.8 Å². The lowest BCUT2D eigenvalue weighted by Crippen LogP contribution is -2.07. The molecule has 0 saturated carbocycles. The van der Waals surface area contributed by atoms with Gasteiger partial charge in [0.2, 0.25) is 0 Å². The molecule has 1 aromatic carbocycles. The van der Waals surface area contributed by atoms with Crippen LogP contribution in [0.4, 0.5) is 5.82 Å². The average Bonchev–Trinajstić information content (AvgIpc) is 2.40. The molecule has 6 heteroatoms. The van der Waals surface area contributed by atoms with Crippen molar-refractivity contribution in [3.63, 3.8) is 0 Å². The van der Waals surface area contributed by atoms with Crippen molar-refractivity contribution in [3.05, 3.63) is 41.0 Å². The van der Waals surface area contributed by atoms with Gasteiger partial charge in [-0.25, -0.2) is 9.97 Å². The van der Waals surface area contributed by atoms with Gasteiger partial charge in [-0.1, -0.05) is 35.5 Å². The molecule has 100 valence electrons. The summed E-state index contributed by atoms with van der Waals surface area (Å²) in [6, 6.07) is 8.87. The Balaban J connectivity index is 1.92. The van der Waals surface area contributed by atoms with E-state index in [0.29, 0.717) is 10.3 Å². The van der Waals surface area contributed by atoms with Crippen LogP contribution in [0.3, 0.4) is 0 Å². The van der Waals surface area contributed by atoms with Gasteiger partial charge in [0.1, 0.15) is 16.7 Å². The number of aromatic hydroxyl groups is 1. The van der Waals surface area contributed by atoms with Gasteiger partial charge < -0.3 is 10.4 Å². The van der Waals surface area contributed by atoms with Crippen LogP contribution < -0.4 is 5.32 Å². The molecule has 2 N–H and O–H groups in total. The van der Waals surface area contributed by atoms with Crippen molar-refractivity contribution in [1.29, 1.82) is 0 Å². The summed E-state index contributed by atoms with van der Waals surface area (Å²) in [5.41, 5.74) is 1.15. The Hall–Kier alpha value is -1.46. The minimum atomic E-state index is 0.281. The van der Waals surface area contributed by atoms with Crippen LogP contribution >= 0.6 is 23.4 Å². The molecule has 0 amide bonds. The van der Waals surface area contributed by atoms with Crippen LogP contribution in [0, 0.1) is 0 Å². The average molecular weight is 296 g/mol. The first-order chi connectivity index (χ1) is 9.17. The number of phenolic OH excluding ortho intramolecular Hbond substituents is 1. The van der Waals surface area contributed by atoms with E-state index in [2.05, 4.69) is 15.3 Å². The van der Waals surface area contributed by atoms with Gasteiger partial charge in [0.15, 0.2) is 5.16 Å². The van der Waals surface area contributed by atoms with Gasteiger partial charge in [0.25, 0.3) is 0 Å². The highest BCUT2D eigenvalue weighted by atomic mass is 35.5. The first kappa shape index (κ1) is 14.0. The molecule has 0 saturated heterocycles. The lowest BCUT2D eigenvalue weighted by atomic mass is 10.1. The second-order valence-corrected chi connectivity index (χ2v) is 5.07. The molecule has 0 spiro atoms. The van der Waals surface area contributed by atoms with Crippen LogP contribution in [0.1, 0.15) is 5.56 Å². The van der Waals surface area contributed by atoms with Crippen molar-refractivity contribution in [2.75, 3.05) is 18.1 Å². The van der Waals surface area contributed by atoms with Crippen LogP contribution in [-0.4, -0.2) is 27.9 Å². The molecule has 19 heavy (non-hydrogen) atoms. The van der Waals surface area contributed by atoms with E-state index >= 15 is 0 Å². The maximum absolute atomic E-state index is 9.20. The van der Waals surface area contributed by atoms with Crippen molar-refractivity contribution in [2.45, 2.75) is 11.6 Å². The number of anilines is 1. The predicted molar refractivity (Wildman–Crippen MR) is 79.1 cm³/mol. The van der Waals surface area contributed by atoms with Gasteiger partial charge in [-0.05, 0) is 30.4 Å². The quantitative estimate of drug-likeness (QED) is 0.504. The number of nitrogens with zero attached hydrogens (tertiary/aromatic N) is 2. The zero-order valence-corrected chi connectivity index (χ0v) is 12.0. The third kappa shape index (κ3) is 4.29. The number of benzene rings is 1. The second-order valence-electron chi connectivity index (χ2n) is 3.91. The highest BCUT2D eigenvalue weighted by molar-refractivity contribution is 7.98. The van der Waals surface area contributed by atoms with Crippen LogP contribution in [-0.2, 0) is 6.42 Å². The molecule has 4 nitrogen and oxygen atoms in total. The summed E-state index contributed by atoms with van der Waals surface area (Å²) in [5.74, 6) is 1.01. The summed E-state index contributed by atoms with van der Waals surface area (Å²) < 4.78 is 0. The molecule has 1 heterocycles. The standard InChI is InChI=1S/C13H14ClN3OS/c1-19-13-16-11(14)8-12(17-13)15-7-6-9-2-4-10(18)5-3-9/h2-5,8,18H,6-7H2,1H3,(H,15,16,17). The molecule has 1 aromatic heterocycles. The Morgan fingerprint density at radius 2 is 2.00 bits per heavy atom. The van der Waals surface area contributed by atoms with Crippen LogP contribution in [0.25, 0.3) is 0 Å². The van der Waals surface area contributed by atoms with Gasteiger partial charge >= 0.3 is 0 Å². The summed E-state index contributed by atoms with van der Waals surface area (Å²) in [6.45, 7) is 0.742. The fourth-order valence-corrected chi connectivity index (χ4v) is 2.19. The number of rotatable bonds is 5. The van der Waals surface area contributed by atoms with Crippen molar-refractivity contribution >= 4 is 29.2 Å². The largest absolute Gasteiger partial charge is 0.508 e. The van der Waals surface area contributed by atoms with Gasteiger partial charge in [-0.2, -0.15) is 0 Å². The lowest BCUT2D eigenvalue weighted by Gasteiger charge is -2.07. The predicted octanol–water partition coefficient (Wildman–Crippen LogP) is 3.21. The lowest BCUT2D eigenvalue weighted by molar-refractivity contribution is 0.475. The van der Waals surface area contributed by atoms with Gasteiger partial charge in [-0.15, -0.1) is 0 Å². The Morgan fingerprint density at radius 3 is 2.68 bits per heavy atom. The third-order valence-corrected chi connectivity index (χ3v) is 3.25. The molecule has 0 unspecified atom stereocenters. The fraction of sp³-hybridized carbons (Fsp3) is 0.231.